The largest absolute Gasteiger partial charge is 0.0623 e. The van der Waals surface area contributed by atoms with Crippen LogP contribution >= 0.6 is 0 Å². The van der Waals surface area contributed by atoms with E-state index in [0.717, 1.165) is 23.7 Å². The van der Waals surface area contributed by atoms with E-state index in [1.165, 1.54) is 51.4 Å². The molecule has 0 aromatic heterocycles. The van der Waals surface area contributed by atoms with Crippen LogP contribution in [0, 0.1) is 29.1 Å². The molecule has 0 heteroatoms. The molecular weight excluding hydrogens is 204 g/mol. The summed E-state index contributed by atoms with van der Waals surface area (Å²) in [4.78, 5) is 0. The van der Waals surface area contributed by atoms with Crippen LogP contribution in [0.1, 0.15) is 79.1 Å². The molecule has 0 saturated heterocycles. The molecule has 0 amide bonds. The van der Waals surface area contributed by atoms with E-state index in [2.05, 4.69) is 27.7 Å². The molecule has 0 heterocycles. The Balaban J connectivity index is 1.90. The van der Waals surface area contributed by atoms with Crippen molar-refractivity contribution in [2.45, 2.75) is 79.1 Å². The first-order valence-corrected chi connectivity index (χ1v) is 7.98. The highest BCUT2D eigenvalue weighted by Gasteiger charge is 2.32. The Labute approximate surface area is 109 Å². The molecule has 0 aromatic carbocycles. The molecule has 0 spiro atoms. The summed E-state index contributed by atoms with van der Waals surface area (Å²) in [6.45, 7) is 9.89. The summed E-state index contributed by atoms with van der Waals surface area (Å²) in [5.74, 6) is 4.08. The van der Waals surface area contributed by atoms with Gasteiger partial charge in [0.25, 0.3) is 0 Å². The summed E-state index contributed by atoms with van der Waals surface area (Å²) in [7, 11) is 0. The molecule has 4 atom stereocenters. The van der Waals surface area contributed by atoms with Gasteiger partial charge in [0.1, 0.15) is 0 Å². The Kier molecular flexibility index (Phi) is 4.21. The van der Waals surface area contributed by atoms with Gasteiger partial charge >= 0.3 is 0 Å². The molecule has 2 aliphatic rings. The molecule has 100 valence electrons. The van der Waals surface area contributed by atoms with Crippen LogP contribution < -0.4 is 0 Å². The van der Waals surface area contributed by atoms with Gasteiger partial charge in [0, 0.05) is 0 Å². The third kappa shape index (κ3) is 3.48. The molecule has 2 aliphatic carbocycles. The van der Waals surface area contributed by atoms with Crippen molar-refractivity contribution < 1.29 is 0 Å². The van der Waals surface area contributed by atoms with Crippen molar-refractivity contribution in [1.29, 1.82) is 0 Å². The first-order valence-electron chi connectivity index (χ1n) is 7.98. The standard InChI is InChI=1S/C17H32/c1-13-7-8-16(12-14(13)2)15-6-5-10-17(3,4)11-9-15/h13-16H,5-12H2,1-4H3. The van der Waals surface area contributed by atoms with Gasteiger partial charge in [0.05, 0.1) is 0 Å². The highest BCUT2D eigenvalue weighted by Crippen LogP contribution is 2.44. The van der Waals surface area contributed by atoms with Crippen molar-refractivity contribution in [3.05, 3.63) is 0 Å². The maximum Gasteiger partial charge on any atom is -0.0354 e. The quantitative estimate of drug-likeness (QED) is 0.515. The average molecular weight is 236 g/mol. The van der Waals surface area contributed by atoms with Crippen LogP contribution in [0.4, 0.5) is 0 Å². The van der Waals surface area contributed by atoms with E-state index in [1.807, 2.05) is 0 Å². The fourth-order valence-corrected chi connectivity index (χ4v) is 4.18. The van der Waals surface area contributed by atoms with E-state index in [9.17, 15) is 0 Å². The molecule has 2 fully saturated rings. The van der Waals surface area contributed by atoms with E-state index >= 15 is 0 Å². The van der Waals surface area contributed by atoms with Crippen molar-refractivity contribution in [3.63, 3.8) is 0 Å². The van der Waals surface area contributed by atoms with Gasteiger partial charge in [0.2, 0.25) is 0 Å². The van der Waals surface area contributed by atoms with Crippen LogP contribution in [0.15, 0.2) is 0 Å². The fraction of sp³-hybridized carbons (Fsp3) is 1.00. The maximum absolute atomic E-state index is 2.48. The number of rotatable bonds is 1. The summed E-state index contributed by atoms with van der Waals surface area (Å²) in [5.41, 5.74) is 0.627. The van der Waals surface area contributed by atoms with Crippen molar-refractivity contribution in [1.82, 2.24) is 0 Å². The lowest BCUT2D eigenvalue weighted by molar-refractivity contribution is 0.143. The first kappa shape index (κ1) is 13.4. The van der Waals surface area contributed by atoms with Gasteiger partial charge in [-0.3, -0.25) is 0 Å². The monoisotopic (exact) mass is 236 g/mol. The summed E-state index contributed by atoms with van der Waals surface area (Å²) >= 11 is 0. The van der Waals surface area contributed by atoms with Crippen molar-refractivity contribution in [2.24, 2.45) is 29.1 Å². The minimum absolute atomic E-state index is 0.627. The lowest BCUT2D eigenvalue weighted by Gasteiger charge is -2.36. The van der Waals surface area contributed by atoms with Crippen LogP contribution in [0.3, 0.4) is 0 Å². The second-order valence-electron chi connectivity index (χ2n) is 7.88. The van der Waals surface area contributed by atoms with Gasteiger partial charge in [-0.1, -0.05) is 47.0 Å². The molecule has 0 nitrogen and oxygen atoms in total. The summed E-state index contributed by atoms with van der Waals surface area (Å²) in [6, 6.07) is 0. The van der Waals surface area contributed by atoms with E-state index < -0.39 is 0 Å². The lowest BCUT2D eigenvalue weighted by atomic mass is 9.69. The highest BCUT2D eigenvalue weighted by molar-refractivity contribution is 4.84. The summed E-state index contributed by atoms with van der Waals surface area (Å²) in [5, 5.41) is 0. The molecule has 4 unspecified atom stereocenters. The fourth-order valence-electron chi connectivity index (χ4n) is 4.18. The van der Waals surface area contributed by atoms with E-state index in [0.29, 0.717) is 5.41 Å². The topological polar surface area (TPSA) is 0 Å². The SMILES string of the molecule is CC1CCC(C2CCCC(C)(C)CC2)CC1C. The van der Waals surface area contributed by atoms with Gasteiger partial charge in [-0.2, -0.15) is 0 Å². The lowest BCUT2D eigenvalue weighted by Crippen LogP contribution is -2.26. The number of hydrogen-bond acceptors (Lipinski definition) is 0. The van der Waals surface area contributed by atoms with Crippen LogP contribution in [-0.4, -0.2) is 0 Å². The van der Waals surface area contributed by atoms with E-state index in [-0.39, 0.29) is 0 Å². The zero-order valence-corrected chi connectivity index (χ0v) is 12.5. The van der Waals surface area contributed by atoms with Crippen LogP contribution in [0.25, 0.3) is 0 Å². The third-order valence-corrected chi connectivity index (χ3v) is 5.93. The predicted molar refractivity (Wildman–Crippen MR) is 76.0 cm³/mol. The average Bonchev–Trinajstić information content (AvgIpc) is 2.44. The second kappa shape index (κ2) is 5.33. The molecule has 0 bridgehead atoms. The van der Waals surface area contributed by atoms with Gasteiger partial charge in [-0.05, 0) is 61.2 Å². The van der Waals surface area contributed by atoms with Gasteiger partial charge in [-0.15, -0.1) is 0 Å². The second-order valence-corrected chi connectivity index (χ2v) is 7.88. The van der Waals surface area contributed by atoms with Crippen LogP contribution in [0.5, 0.6) is 0 Å². The first-order chi connectivity index (χ1) is 7.98. The zero-order chi connectivity index (χ0) is 12.5. The Hall–Kier alpha value is 0. The molecule has 17 heavy (non-hydrogen) atoms. The normalized spacial score (nSPS) is 43.1. The highest BCUT2D eigenvalue weighted by atomic mass is 14.4. The van der Waals surface area contributed by atoms with Gasteiger partial charge in [0.15, 0.2) is 0 Å². The van der Waals surface area contributed by atoms with Gasteiger partial charge < -0.3 is 0 Å². The Morgan fingerprint density at radius 3 is 2.24 bits per heavy atom. The van der Waals surface area contributed by atoms with Crippen LogP contribution in [-0.2, 0) is 0 Å². The Bertz CT molecular complexity index is 240. The molecule has 0 radical (unpaired) electrons. The Morgan fingerprint density at radius 1 is 0.765 bits per heavy atom. The molecule has 0 aliphatic heterocycles. The van der Waals surface area contributed by atoms with Crippen molar-refractivity contribution >= 4 is 0 Å². The minimum atomic E-state index is 0.627. The van der Waals surface area contributed by atoms with Crippen molar-refractivity contribution in [3.8, 4) is 0 Å². The van der Waals surface area contributed by atoms with Crippen LogP contribution in [0.2, 0.25) is 0 Å². The summed E-state index contributed by atoms with van der Waals surface area (Å²) in [6.07, 6.45) is 12.0. The predicted octanol–water partition coefficient (Wildman–Crippen LogP) is 5.67. The zero-order valence-electron chi connectivity index (χ0n) is 12.5. The molecule has 0 N–H and O–H groups in total. The van der Waals surface area contributed by atoms with Gasteiger partial charge in [-0.25, -0.2) is 0 Å². The van der Waals surface area contributed by atoms with Crippen molar-refractivity contribution in [2.75, 3.05) is 0 Å². The number of hydrogen-bond donors (Lipinski definition) is 0. The summed E-state index contributed by atoms with van der Waals surface area (Å²) < 4.78 is 0. The minimum Gasteiger partial charge on any atom is -0.0623 e. The Morgan fingerprint density at radius 2 is 1.53 bits per heavy atom. The third-order valence-electron chi connectivity index (χ3n) is 5.93. The smallest absolute Gasteiger partial charge is 0.0354 e. The van der Waals surface area contributed by atoms with E-state index in [4.69, 9.17) is 0 Å². The molecule has 0 aromatic rings. The van der Waals surface area contributed by atoms with E-state index in [1.54, 1.807) is 0 Å². The maximum atomic E-state index is 2.48. The molecule has 2 saturated carbocycles. The molecule has 2 rings (SSSR count). The molecular formula is C17H32.